The van der Waals surface area contributed by atoms with E-state index in [1.54, 1.807) is 13.8 Å². The van der Waals surface area contributed by atoms with Crippen molar-refractivity contribution in [1.29, 1.82) is 0 Å². The monoisotopic (exact) mass is 302 g/mol. The number of alkyl carbamates (subject to hydrolysis) is 1. The number of ether oxygens (including phenoxy) is 1. The van der Waals surface area contributed by atoms with Crippen molar-refractivity contribution in [2.24, 2.45) is 11.8 Å². The van der Waals surface area contributed by atoms with Crippen molar-refractivity contribution in [3.8, 4) is 0 Å². The van der Waals surface area contributed by atoms with Crippen LogP contribution >= 0.6 is 0 Å². The molecule has 0 aliphatic heterocycles. The maximum absolute atomic E-state index is 10.9. The molecule has 2 N–H and O–H groups in total. The fraction of sp³-hybridized carbons (Fsp3) is 0.714. The van der Waals surface area contributed by atoms with E-state index in [4.69, 9.17) is 0 Å². The smallest absolute Gasteiger partial charge is 0.407 e. The second-order valence-corrected chi connectivity index (χ2v) is 5.00. The van der Waals surface area contributed by atoms with Crippen LogP contribution in [0, 0.1) is 11.8 Å². The molecule has 7 nitrogen and oxygen atoms in total. The first-order valence-electron chi connectivity index (χ1n) is 6.73. The second-order valence-electron chi connectivity index (χ2n) is 5.00. The van der Waals surface area contributed by atoms with E-state index in [0.29, 0.717) is 0 Å². The third kappa shape index (κ3) is 14.3. The summed E-state index contributed by atoms with van der Waals surface area (Å²) >= 11 is 0. The SMILES string of the molecule is CC(=O)NCC(=O)C(C)C.COC(=O)NCC(=O)C(C)C. The molecule has 0 bridgehead atoms. The van der Waals surface area contributed by atoms with Crippen LogP contribution < -0.4 is 10.6 Å². The van der Waals surface area contributed by atoms with Crippen molar-refractivity contribution in [2.45, 2.75) is 34.6 Å². The fourth-order valence-electron chi connectivity index (χ4n) is 0.851. The Morgan fingerprint density at radius 1 is 0.857 bits per heavy atom. The van der Waals surface area contributed by atoms with Gasteiger partial charge in [0, 0.05) is 18.8 Å². The number of ketones is 2. The number of amides is 2. The van der Waals surface area contributed by atoms with Crippen LogP contribution in [0.2, 0.25) is 0 Å². The fourth-order valence-corrected chi connectivity index (χ4v) is 0.851. The van der Waals surface area contributed by atoms with Gasteiger partial charge in [-0.05, 0) is 0 Å². The zero-order valence-electron chi connectivity index (χ0n) is 13.6. The van der Waals surface area contributed by atoms with E-state index in [1.165, 1.54) is 14.0 Å². The summed E-state index contributed by atoms with van der Waals surface area (Å²) in [6.07, 6.45) is -0.570. The van der Waals surface area contributed by atoms with Gasteiger partial charge in [-0.2, -0.15) is 0 Å². The van der Waals surface area contributed by atoms with E-state index in [1.807, 2.05) is 13.8 Å². The molecule has 0 aromatic heterocycles. The minimum Gasteiger partial charge on any atom is -0.453 e. The first-order valence-corrected chi connectivity index (χ1v) is 6.73. The number of carbonyl (C=O) groups excluding carboxylic acids is 4. The minimum atomic E-state index is -0.570. The molecule has 0 radical (unpaired) electrons. The minimum absolute atomic E-state index is 0.00426. The summed E-state index contributed by atoms with van der Waals surface area (Å²) in [5, 5.41) is 4.74. The molecule has 0 atom stereocenters. The number of rotatable bonds is 6. The van der Waals surface area contributed by atoms with Crippen LogP contribution in [0.4, 0.5) is 4.79 Å². The Bertz CT molecular complexity index is 364. The molecular weight excluding hydrogens is 276 g/mol. The normalized spacial score (nSPS) is 9.52. The molecule has 21 heavy (non-hydrogen) atoms. The van der Waals surface area contributed by atoms with Crippen molar-refractivity contribution in [2.75, 3.05) is 20.2 Å². The van der Waals surface area contributed by atoms with E-state index in [9.17, 15) is 19.2 Å². The lowest BCUT2D eigenvalue weighted by molar-refractivity contribution is -0.125. The molecule has 0 rings (SSSR count). The summed E-state index contributed by atoms with van der Waals surface area (Å²) < 4.78 is 4.28. The summed E-state index contributed by atoms with van der Waals surface area (Å²) in [5.41, 5.74) is 0. The number of methoxy groups -OCH3 is 1. The molecule has 0 unspecified atom stereocenters. The topological polar surface area (TPSA) is 102 Å². The molecule has 0 spiro atoms. The first kappa shape index (κ1) is 21.4. The van der Waals surface area contributed by atoms with Gasteiger partial charge >= 0.3 is 6.09 Å². The molecular formula is C14H26N2O5. The summed E-state index contributed by atoms with van der Waals surface area (Å²) in [7, 11) is 1.26. The Morgan fingerprint density at radius 2 is 1.24 bits per heavy atom. The lowest BCUT2D eigenvalue weighted by atomic mass is 10.1. The van der Waals surface area contributed by atoms with Crippen molar-refractivity contribution in [1.82, 2.24) is 10.6 Å². The van der Waals surface area contributed by atoms with Crippen LogP contribution in [0.15, 0.2) is 0 Å². The zero-order valence-corrected chi connectivity index (χ0v) is 13.6. The van der Waals surface area contributed by atoms with Crippen LogP contribution in [0.5, 0.6) is 0 Å². The third-order valence-electron chi connectivity index (χ3n) is 2.39. The first-order chi connectivity index (χ1) is 9.61. The Kier molecular flexibility index (Phi) is 12.1. The van der Waals surface area contributed by atoms with Crippen LogP contribution in [-0.2, 0) is 19.1 Å². The van der Waals surface area contributed by atoms with Crippen molar-refractivity contribution < 1.29 is 23.9 Å². The summed E-state index contributed by atoms with van der Waals surface area (Å²) in [6, 6.07) is 0. The quantitative estimate of drug-likeness (QED) is 0.759. The number of Topliss-reactive ketones (excluding diaryl/α,β-unsaturated/α-hetero) is 2. The van der Waals surface area contributed by atoms with Gasteiger partial charge in [-0.25, -0.2) is 4.79 Å². The third-order valence-corrected chi connectivity index (χ3v) is 2.39. The molecule has 0 aliphatic rings. The van der Waals surface area contributed by atoms with Gasteiger partial charge < -0.3 is 15.4 Å². The average molecular weight is 302 g/mol. The molecule has 7 heteroatoms. The Labute approximate surface area is 125 Å². The van der Waals surface area contributed by atoms with Gasteiger partial charge in [-0.3, -0.25) is 14.4 Å². The standard InChI is InChI=1S/C7H13NO3.C7H13NO2/c1-5(2)6(9)4-8-7(10)11-3;1-5(2)7(10)4-8-6(3)9/h5H,4H2,1-3H3,(H,8,10);5H,4H2,1-3H3,(H,8,9). The molecule has 0 aromatic rings. The summed E-state index contributed by atoms with van der Waals surface area (Å²) in [5.74, 6) is -0.140. The highest BCUT2D eigenvalue weighted by atomic mass is 16.5. The van der Waals surface area contributed by atoms with Gasteiger partial charge in [0.25, 0.3) is 0 Å². The largest absolute Gasteiger partial charge is 0.453 e. The molecule has 0 fully saturated rings. The Hall–Kier alpha value is -1.92. The molecule has 0 saturated heterocycles. The number of hydrogen-bond acceptors (Lipinski definition) is 5. The second kappa shape index (κ2) is 11.9. The Balaban J connectivity index is 0. The van der Waals surface area contributed by atoms with Gasteiger partial charge in [0.05, 0.1) is 20.2 Å². The van der Waals surface area contributed by atoms with Gasteiger partial charge in [0.15, 0.2) is 11.6 Å². The van der Waals surface area contributed by atoms with Gasteiger partial charge in [0.2, 0.25) is 5.91 Å². The number of carbonyl (C=O) groups is 4. The van der Waals surface area contributed by atoms with Crippen LogP contribution in [0.3, 0.4) is 0 Å². The summed E-state index contributed by atoms with van der Waals surface area (Å²) in [6.45, 7) is 8.78. The highest BCUT2D eigenvalue weighted by Crippen LogP contribution is 1.92. The van der Waals surface area contributed by atoms with E-state index in [2.05, 4.69) is 15.4 Å². The molecule has 0 heterocycles. The number of hydrogen-bond donors (Lipinski definition) is 2. The maximum Gasteiger partial charge on any atom is 0.407 e. The van der Waals surface area contributed by atoms with Crippen LogP contribution in [0.1, 0.15) is 34.6 Å². The average Bonchev–Trinajstić information content (AvgIpc) is 2.41. The highest BCUT2D eigenvalue weighted by molar-refractivity contribution is 5.86. The van der Waals surface area contributed by atoms with E-state index in [0.717, 1.165) is 0 Å². The maximum atomic E-state index is 10.9. The lowest BCUT2D eigenvalue weighted by Crippen LogP contribution is -2.31. The van der Waals surface area contributed by atoms with Crippen molar-refractivity contribution in [3.05, 3.63) is 0 Å². The van der Waals surface area contributed by atoms with Crippen LogP contribution in [0.25, 0.3) is 0 Å². The van der Waals surface area contributed by atoms with Gasteiger partial charge in [-0.15, -0.1) is 0 Å². The lowest BCUT2D eigenvalue weighted by Gasteiger charge is -2.04. The number of nitrogens with one attached hydrogen (secondary N) is 2. The van der Waals surface area contributed by atoms with E-state index >= 15 is 0 Å². The molecule has 0 aliphatic carbocycles. The van der Waals surface area contributed by atoms with Gasteiger partial charge in [0.1, 0.15) is 0 Å². The predicted molar refractivity (Wildman–Crippen MR) is 78.8 cm³/mol. The van der Waals surface area contributed by atoms with Crippen LogP contribution in [-0.4, -0.2) is 43.8 Å². The van der Waals surface area contributed by atoms with Crippen molar-refractivity contribution >= 4 is 23.6 Å². The Morgan fingerprint density at radius 3 is 1.52 bits per heavy atom. The van der Waals surface area contributed by atoms with Crippen molar-refractivity contribution in [3.63, 3.8) is 0 Å². The van der Waals surface area contributed by atoms with E-state index < -0.39 is 6.09 Å². The zero-order chi connectivity index (χ0) is 17.0. The van der Waals surface area contributed by atoms with Gasteiger partial charge in [-0.1, -0.05) is 27.7 Å². The predicted octanol–water partition coefficient (Wildman–Crippen LogP) is 0.915. The summed E-state index contributed by atoms with van der Waals surface area (Å²) in [4.78, 5) is 42.5. The molecule has 0 saturated carbocycles. The van der Waals surface area contributed by atoms with E-state index in [-0.39, 0.29) is 42.4 Å². The highest BCUT2D eigenvalue weighted by Gasteiger charge is 2.08. The molecule has 0 aromatic carbocycles. The molecule has 2 amide bonds. The molecule has 122 valence electrons.